The van der Waals surface area contributed by atoms with Gasteiger partial charge in [0.1, 0.15) is 0 Å². The zero-order chi connectivity index (χ0) is 11.2. The SMILES string of the molecule is C=CCOCCn1cc(CNC2CC2)nn1. The molecule has 1 aliphatic carbocycles. The lowest BCUT2D eigenvalue weighted by Gasteiger charge is -2.00. The molecule has 0 radical (unpaired) electrons. The van der Waals surface area contributed by atoms with Gasteiger partial charge in [0.2, 0.25) is 0 Å². The molecule has 1 heterocycles. The molecule has 0 amide bonds. The van der Waals surface area contributed by atoms with Crippen LogP contribution in [0.2, 0.25) is 0 Å². The van der Waals surface area contributed by atoms with Crippen LogP contribution in [-0.2, 0) is 17.8 Å². The summed E-state index contributed by atoms with van der Waals surface area (Å²) in [5.41, 5.74) is 0.996. The van der Waals surface area contributed by atoms with E-state index in [1.165, 1.54) is 12.8 Å². The number of nitrogens with zero attached hydrogens (tertiary/aromatic N) is 3. The highest BCUT2D eigenvalue weighted by Crippen LogP contribution is 2.18. The average Bonchev–Trinajstić information content (AvgIpc) is 3.02. The second-order valence-corrected chi connectivity index (χ2v) is 3.99. The fourth-order valence-corrected chi connectivity index (χ4v) is 1.39. The van der Waals surface area contributed by atoms with Crippen LogP contribution in [0.3, 0.4) is 0 Å². The molecule has 0 unspecified atom stereocenters. The highest BCUT2D eigenvalue weighted by atomic mass is 16.5. The van der Waals surface area contributed by atoms with Crippen molar-refractivity contribution in [1.82, 2.24) is 20.3 Å². The van der Waals surface area contributed by atoms with Crippen molar-refractivity contribution < 1.29 is 4.74 Å². The number of aromatic nitrogens is 3. The van der Waals surface area contributed by atoms with E-state index in [9.17, 15) is 0 Å². The van der Waals surface area contributed by atoms with Crippen molar-refractivity contribution in [3.05, 3.63) is 24.5 Å². The van der Waals surface area contributed by atoms with Gasteiger partial charge in [-0.1, -0.05) is 11.3 Å². The molecule has 1 aliphatic rings. The van der Waals surface area contributed by atoms with Crippen LogP contribution in [0.5, 0.6) is 0 Å². The number of hydrogen-bond donors (Lipinski definition) is 1. The first-order valence-electron chi connectivity index (χ1n) is 5.69. The summed E-state index contributed by atoms with van der Waals surface area (Å²) in [5.74, 6) is 0. The third-order valence-corrected chi connectivity index (χ3v) is 2.44. The quantitative estimate of drug-likeness (QED) is 0.520. The average molecular weight is 222 g/mol. The smallest absolute Gasteiger partial charge is 0.0964 e. The highest BCUT2D eigenvalue weighted by molar-refractivity contribution is 4.94. The predicted octanol–water partition coefficient (Wildman–Crippen LogP) is 0.733. The minimum absolute atomic E-state index is 0.588. The summed E-state index contributed by atoms with van der Waals surface area (Å²) >= 11 is 0. The molecule has 0 saturated heterocycles. The van der Waals surface area contributed by atoms with Crippen LogP contribution >= 0.6 is 0 Å². The van der Waals surface area contributed by atoms with Gasteiger partial charge in [-0.2, -0.15) is 0 Å². The lowest BCUT2D eigenvalue weighted by atomic mass is 10.4. The molecule has 0 aliphatic heterocycles. The van der Waals surface area contributed by atoms with Crippen LogP contribution in [0.15, 0.2) is 18.9 Å². The maximum absolute atomic E-state index is 5.28. The summed E-state index contributed by atoms with van der Waals surface area (Å²) in [4.78, 5) is 0. The molecule has 2 rings (SSSR count). The van der Waals surface area contributed by atoms with Crippen molar-refractivity contribution in [2.75, 3.05) is 13.2 Å². The summed E-state index contributed by atoms with van der Waals surface area (Å²) in [7, 11) is 0. The fraction of sp³-hybridized carbons (Fsp3) is 0.636. The molecule has 0 bridgehead atoms. The van der Waals surface area contributed by atoms with Gasteiger partial charge in [0, 0.05) is 18.8 Å². The summed E-state index contributed by atoms with van der Waals surface area (Å²) < 4.78 is 7.09. The van der Waals surface area contributed by atoms with Gasteiger partial charge in [-0.05, 0) is 12.8 Å². The lowest BCUT2D eigenvalue weighted by Crippen LogP contribution is -2.15. The molecule has 1 aromatic heterocycles. The molecule has 0 atom stereocenters. The largest absolute Gasteiger partial charge is 0.375 e. The summed E-state index contributed by atoms with van der Waals surface area (Å²) in [5, 5.41) is 11.5. The zero-order valence-electron chi connectivity index (χ0n) is 9.43. The first-order valence-corrected chi connectivity index (χ1v) is 5.69. The van der Waals surface area contributed by atoms with Crippen LogP contribution < -0.4 is 5.32 Å². The monoisotopic (exact) mass is 222 g/mol. The van der Waals surface area contributed by atoms with Gasteiger partial charge in [0.05, 0.1) is 25.5 Å². The van der Waals surface area contributed by atoms with Crippen molar-refractivity contribution in [3.63, 3.8) is 0 Å². The molecular weight excluding hydrogens is 204 g/mol. The maximum Gasteiger partial charge on any atom is 0.0964 e. The summed E-state index contributed by atoms with van der Waals surface area (Å²) in [6.45, 7) is 6.38. The van der Waals surface area contributed by atoms with Crippen LogP contribution in [0.1, 0.15) is 18.5 Å². The normalized spacial score (nSPS) is 15.2. The van der Waals surface area contributed by atoms with Crippen molar-refractivity contribution in [1.29, 1.82) is 0 Å². The van der Waals surface area contributed by atoms with Gasteiger partial charge in [0.15, 0.2) is 0 Å². The van der Waals surface area contributed by atoms with Gasteiger partial charge >= 0.3 is 0 Å². The van der Waals surface area contributed by atoms with E-state index in [2.05, 4.69) is 22.2 Å². The maximum atomic E-state index is 5.28. The van der Waals surface area contributed by atoms with E-state index in [1.807, 2.05) is 10.9 Å². The van der Waals surface area contributed by atoms with E-state index < -0.39 is 0 Å². The van der Waals surface area contributed by atoms with E-state index in [0.717, 1.165) is 18.8 Å². The Bertz CT molecular complexity index is 332. The molecule has 0 aromatic carbocycles. The lowest BCUT2D eigenvalue weighted by molar-refractivity contribution is 0.149. The summed E-state index contributed by atoms with van der Waals surface area (Å²) in [6, 6.07) is 0.709. The Morgan fingerprint density at radius 3 is 3.25 bits per heavy atom. The van der Waals surface area contributed by atoms with Gasteiger partial charge < -0.3 is 10.1 Å². The molecule has 0 spiro atoms. The molecular formula is C11H18N4O. The number of hydrogen-bond acceptors (Lipinski definition) is 4. The molecule has 1 N–H and O–H groups in total. The minimum atomic E-state index is 0.588. The van der Waals surface area contributed by atoms with Crippen LogP contribution in [0, 0.1) is 0 Å². The van der Waals surface area contributed by atoms with Gasteiger partial charge in [-0.3, -0.25) is 0 Å². The van der Waals surface area contributed by atoms with Crippen LogP contribution in [-0.4, -0.2) is 34.2 Å². The van der Waals surface area contributed by atoms with E-state index in [-0.39, 0.29) is 0 Å². The highest BCUT2D eigenvalue weighted by Gasteiger charge is 2.20. The predicted molar refractivity (Wildman–Crippen MR) is 60.9 cm³/mol. The first kappa shape index (κ1) is 11.3. The number of ether oxygens (including phenoxy) is 1. The Kier molecular flexibility index (Phi) is 4.07. The Balaban J connectivity index is 1.66. The van der Waals surface area contributed by atoms with Crippen molar-refractivity contribution in [3.8, 4) is 0 Å². The number of nitrogens with one attached hydrogen (secondary N) is 1. The first-order chi connectivity index (χ1) is 7.88. The molecule has 5 nitrogen and oxygen atoms in total. The standard InChI is InChI=1S/C11H18N4O/c1-2-6-16-7-5-15-9-11(13-14-15)8-12-10-3-4-10/h2,9-10,12H,1,3-8H2. The van der Waals surface area contributed by atoms with E-state index in [0.29, 0.717) is 19.3 Å². The van der Waals surface area contributed by atoms with Crippen molar-refractivity contribution in [2.45, 2.75) is 32.0 Å². The minimum Gasteiger partial charge on any atom is -0.375 e. The third kappa shape index (κ3) is 3.75. The molecule has 16 heavy (non-hydrogen) atoms. The Labute approximate surface area is 95.5 Å². The Hall–Kier alpha value is -1.20. The molecule has 5 heteroatoms. The fourth-order valence-electron chi connectivity index (χ4n) is 1.39. The van der Waals surface area contributed by atoms with E-state index in [1.54, 1.807) is 6.08 Å². The molecule has 1 fully saturated rings. The van der Waals surface area contributed by atoms with Crippen molar-refractivity contribution in [2.24, 2.45) is 0 Å². The Morgan fingerprint density at radius 1 is 1.62 bits per heavy atom. The van der Waals surface area contributed by atoms with Crippen LogP contribution in [0.4, 0.5) is 0 Å². The van der Waals surface area contributed by atoms with Gasteiger partial charge in [-0.15, -0.1) is 11.7 Å². The molecule has 88 valence electrons. The second kappa shape index (κ2) is 5.77. The summed E-state index contributed by atoms with van der Waals surface area (Å²) in [6.07, 6.45) is 6.30. The Morgan fingerprint density at radius 2 is 2.50 bits per heavy atom. The third-order valence-electron chi connectivity index (χ3n) is 2.44. The van der Waals surface area contributed by atoms with Gasteiger partial charge in [-0.25, -0.2) is 4.68 Å². The molecule has 1 aromatic rings. The van der Waals surface area contributed by atoms with Crippen LogP contribution in [0.25, 0.3) is 0 Å². The van der Waals surface area contributed by atoms with Crippen molar-refractivity contribution >= 4 is 0 Å². The number of rotatable bonds is 8. The second-order valence-electron chi connectivity index (χ2n) is 3.99. The topological polar surface area (TPSA) is 52.0 Å². The molecule has 1 saturated carbocycles. The van der Waals surface area contributed by atoms with Gasteiger partial charge in [0.25, 0.3) is 0 Å². The van der Waals surface area contributed by atoms with E-state index >= 15 is 0 Å². The van der Waals surface area contributed by atoms with E-state index in [4.69, 9.17) is 4.74 Å². The zero-order valence-corrected chi connectivity index (χ0v) is 9.43.